The number of hydrogen-bond donors (Lipinski definition) is 6. The number of hydrogen-bond acceptors (Lipinski definition) is 7. The topological polar surface area (TPSA) is 92.5 Å². The molecule has 36 heavy (non-hydrogen) atoms. The van der Waals surface area contributed by atoms with Gasteiger partial charge in [-0.2, -0.15) is 0 Å². The van der Waals surface area contributed by atoms with Crippen molar-refractivity contribution in [1.29, 1.82) is 0 Å². The Balaban J connectivity index is 1.10. The Morgan fingerprint density at radius 3 is 2.58 bits per heavy atom. The highest BCUT2D eigenvalue weighted by Crippen LogP contribution is 2.31. The van der Waals surface area contributed by atoms with Gasteiger partial charge in [-0.15, -0.1) is 11.6 Å². The van der Waals surface area contributed by atoms with Gasteiger partial charge >= 0.3 is 0 Å². The number of alkyl halides is 1. The molecule has 8 atom stereocenters. The van der Waals surface area contributed by atoms with Gasteiger partial charge in [-0.1, -0.05) is 6.92 Å². The molecule has 5 aliphatic rings. The molecule has 1 amide bonds. The predicted molar refractivity (Wildman–Crippen MR) is 145 cm³/mol. The van der Waals surface area contributed by atoms with Crippen LogP contribution in [0.25, 0.3) is 0 Å². The maximum Gasteiger partial charge on any atom is 0.226 e. The van der Waals surface area contributed by atoms with Gasteiger partial charge in [0.05, 0.1) is 5.92 Å². The van der Waals surface area contributed by atoms with Crippen molar-refractivity contribution in [3.63, 3.8) is 0 Å². The third-order valence-corrected chi connectivity index (χ3v) is 10.3. The van der Waals surface area contributed by atoms with Crippen LogP contribution in [0.2, 0.25) is 0 Å². The van der Waals surface area contributed by atoms with Gasteiger partial charge in [0.1, 0.15) is 6.29 Å². The zero-order valence-corrected chi connectivity index (χ0v) is 23.2. The Morgan fingerprint density at radius 2 is 1.81 bits per heavy atom. The molecule has 6 N–H and O–H groups in total. The molecule has 8 nitrogen and oxygen atoms in total. The van der Waals surface area contributed by atoms with Crippen LogP contribution in [0.3, 0.4) is 0 Å². The number of carbonyl (C=O) groups is 1. The Labute approximate surface area is 223 Å². The van der Waals surface area contributed by atoms with E-state index in [-0.39, 0.29) is 30.2 Å². The van der Waals surface area contributed by atoms with E-state index in [2.05, 4.69) is 50.9 Å². The number of nitrogens with one attached hydrogen (secondary N) is 6. The van der Waals surface area contributed by atoms with Crippen molar-refractivity contribution in [3.05, 3.63) is 0 Å². The third kappa shape index (κ3) is 6.56. The lowest BCUT2D eigenvalue weighted by atomic mass is 9.82. The zero-order chi connectivity index (χ0) is 25.1. The fourth-order valence-corrected chi connectivity index (χ4v) is 7.70. The molecule has 206 valence electrons. The first-order chi connectivity index (χ1) is 17.5. The first kappa shape index (κ1) is 27.1. The van der Waals surface area contributed by atoms with Gasteiger partial charge in [0, 0.05) is 42.1 Å². The molecule has 9 heteroatoms. The minimum Gasteiger partial charge on any atom is -0.353 e. The van der Waals surface area contributed by atoms with E-state index < -0.39 is 0 Å². The third-order valence-electron chi connectivity index (χ3n) is 9.88. The molecule has 3 heterocycles. The fourth-order valence-electron chi connectivity index (χ4n) is 7.45. The van der Waals surface area contributed by atoms with Crippen molar-refractivity contribution in [2.24, 2.45) is 17.8 Å². The van der Waals surface area contributed by atoms with Crippen LogP contribution in [0, 0.1) is 17.8 Å². The summed E-state index contributed by atoms with van der Waals surface area (Å²) in [6, 6.07) is 1.95. The quantitative estimate of drug-likeness (QED) is 0.296. The molecule has 3 aliphatic heterocycles. The standard InChI is InChI=1S/C27H50ClN7O/c1-17-5-8-21(14-25(17)34-27-30-13-11-24(33-27)19-4-3-12-29-15-19)32-26(36)23-16-31-35(18(23)2)22-9-6-20(28)7-10-22/h17-25,27,29-31,33-34H,3-16H2,1-2H3,(H,32,36). The molecule has 0 aromatic carbocycles. The maximum absolute atomic E-state index is 13.4. The van der Waals surface area contributed by atoms with Gasteiger partial charge < -0.3 is 10.6 Å². The van der Waals surface area contributed by atoms with Gasteiger partial charge in [-0.3, -0.25) is 26.2 Å². The highest BCUT2D eigenvalue weighted by molar-refractivity contribution is 6.20. The van der Waals surface area contributed by atoms with Crippen LogP contribution in [0.5, 0.6) is 0 Å². The molecule has 5 fully saturated rings. The average molecular weight is 524 g/mol. The second-order valence-corrected chi connectivity index (χ2v) is 13.0. The van der Waals surface area contributed by atoms with Crippen molar-refractivity contribution < 1.29 is 4.79 Å². The monoisotopic (exact) mass is 523 g/mol. The second-order valence-electron chi connectivity index (χ2n) is 12.3. The maximum atomic E-state index is 13.4. The Kier molecular flexibility index (Phi) is 9.47. The number of piperidine rings is 1. The Hall–Kier alpha value is -0.480. The molecule has 3 saturated heterocycles. The molecule has 0 radical (unpaired) electrons. The molecule has 0 bridgehead atoms. The van der Waals surface area contributed by atoms with E-state index in [9.17, 15) is 4.79 Å². The molecular formula is C27H50ClN7O. The summed E-state index contributed by atoms with van der Waals surface area (Å²) < 4.78 is 0. The Morgan fingerprint density at radius 1 is 0.972 bits per heavy atom. The molecule has 8 unspecified atom stereocenters. The molecule has 0 aromatic heterocycles. The van der Waals surface area contributed by atoms with Crippen molar-refractivity contribution >= 4 is 17.5 Å². The summed E-state index contributed by atoms with van der Waals surface area (Å²) in [4.78, 5) is 13.4. The van der Waals surface area contributed by atoms with Crippen molar-refractivity contribution in [2.75, 3.05) is 26.2 Å². The normalized spacial score (nSPS) is 44.9. The SMILES string of the molecule is CC1CCC(NC(=O)C2CNN(C3CCC(Cl)CC3)C2C)CC1NC1NCCC(C2CCCNC2)N1. The van der Waals surface area contributed by atoms with Crippen LogP contribution in [0.1, 0.15) is 78.1 Å². The highest BCUT2D eigenvalue weighted by atomic mass is 35.5. The van der Waals surface area contributed by atoms with Gasteiger partial charge in [0.2, 0.25) is 5.91 Å². The number of carbonyl (C=O) groups excluding carboxylic acids is 1. The summed E-state index contributed by atoms with van der Waals surface area (Å²) in [6.45, 7) is 8.67. The van der Waals surface area contributed by atoms with Gasteiger partial charge in [-0.25, -0.2) is 5.01 Å². The fraction of sp³-hybridized carbons (Fsp3) is 0.963. The van der Waals surface area contributed by atoms with Crippen molar-refractivity contribution in [1.82, 2.24) is 37.0 Å². The van der Waals surface area contributed by atoms with E-state index in [4.69, 9.17) is 11.6 Å². The lowest BCUT2D eigenvalue weighted by molar-refractivity contribution is -0.126. The molecular weight excluding hydrogens is 474 g/mol. The molecule has 0 spiro atoms. The smallest absolute Gasteiger partial charge is 0.226 e. The lowest BCUT2D eigenvalue weighted by Gasteiger charge is -2.43. The number of halogens is 1. The van der Waals surface area contributed by atoms with Gasteiger partial charge in [0.25, 0.3) is 0 Å². The van der Waals surface area contributed by atoms with Crippen LogP contribution in [-0.2, 0) is 4.79 Å². The Bertz CT molecular complexity index is 714. The first-order valence-electron chi connectivity index (χ1n) is 14.9. The first-order valence-corrected chi connectivity index (χ1v) is 15.3. The van der Waals surface area contributed by atoms with Crippen LogP contribution >= 0.6 is 11.6 Å². The summed E-state index contributed by atoms with van der Waals surface area (Å²) in [5.41, 5.74) is 3.56. The second kappa shape index (κ2) is 12.6. The summed E-state index contributed by atoms with van der Waals surface area (Å²) >= 11 is 6.32. The minimum absolute atomic E-state index is 0.0102. The molecule has 5 rings (SSSR count). The van der Waals surface area contributed by atoms with E-state index in [1.807, 2.05) is 0 Å². The van der Waals surface area contributed by atoms with Crippen molar-refractivity contribution in [3.8, 4) is 0 Å². The minimum atomic E-state index is 0.0102. The predicted octanol–water partition coefficient (Wildman–Crippen LogP) is 1.86. The van der Waals surface area contributed by atoms with Crippen LogP contribution in [-0.4, -0.2) is 79.0 Å². The van der Waals surface area contributed by atoms with E-state index in [1.54, 1.807) is 0 Å². The molecule has 0 aromatic rings. The lowest BCUT2D eigenvalue weighted by Crippen LogP contribution is -2.66. The number of rotatable bonds is 6. The van der Waals surface area contributed by atoms with E-state index in [0.717, 1.165) is 70.5 Å². The largest absolute Gasteiger partial charge is 0.353 e. The zero-order valence-electron chi connectivity index (χ0n) is 22.4. The average Bonchev–Trinajstić information content (AvgIpc) is 3.28. The van der Waals surface area contributed by atoms with Gasteiger partial charge in [0.15, 0.2) is 0 Å². The molecule has 2 saturated carbocycles. The summed E-state index contributed by atoms with van der Waals surface area (Å²) in [6.07, 6.45) is 11.6. The van der Waals surface area contributed by atoms with Crippen LogP contribution < -0.4 is 32.0 Å². The van der Waals surface area contributed by atoms with Gasteiger partial charge in [-0.05, 0) is 103 Å². The summed E-state index contributed by atoms with van der Waals surface area (Å²) in [7, 11) is 0. The summed E-state index contributed by atoms with van der Waals surface area (Å²) in [5, 5.41) is 21.1. The van der Waals surface area contributed by atoms with E-state index >= 15 is 0 Å². The number of hydrazine groups is 1. The van der Waals surface area contributed by atoms with E-state index in [1.165, 1.54) is 25.8 Å². The van der Waals surface area contributed by atoms with Crippen LogP contribution in [0.15, 0.2) is 0 Å². The van der Waals surface area contributed by atoms with E-state index in [0.29, 0.717) is 29.4 Å². The number of amides is 1. The highest BCUT2D eigenvalue weighted by Gasteiger charge is 2.41. The molecule has 2 aliphatic carbocycles. The number of nitrogens with zero attached hydrogens (tertiary/aromatic N) is 1. The van der Waals surface area contributed by atoms with Crippen LogP contribution in [0.4, 0.5) is 0 Å². The summed E-state index contributed by atoms with van der Waals surface area (Å²) in [5.74, 6) is 1.57. The van der Waals surface area contributed by atoms with Crippen molar-refractivity contribution in [2.45, 2.75) is 120 Å².